The average Bonchev–Trinajstić information content (AvgIpc) is 2.52. The standard InChI is InChI=1S/C20H33NO/c1-3-4-5-6-7-8-9-10-11-12-15-21-17-19-14-13-18(2)20(22)16-19/h13-14,16-17,22H,3-12,15H2,1-2H3/b21-17+. The predicted octanol–water partition coefficient (Wildman–Crippen LogP) is 6.04. The van der Waals surface area contributed by atoms with Crippen LogP contribution in [0.4, 0.5) is 0 Å². The third-order valence-corrected chi connectivity index (χ3v) is 4.11. The number of hydrogen-bond acceptors (Lipinski definition) is 2. The Morgan fingerprint density at radius 1 is 0.909 bits per heavy atom. The minimum atomic E-state index is 0.350. The normalized spacial score (nSPS) is 11.4. The molecule has 2 nitrogen and oxygen atoms in total. The molecule has 22 heavy (non-hydrogen) atoms. The van der Waals surface area contributed by atoms with Gasteiger partial charge in [0, 0.05) is 12.8 Å². The number of hydrogen-bond donors (Lipinski definition) is 1. The molecule has 0 amide bonds. The maximum atomic E-state index is 9.63. The van der Waals surface area contributed by atoms with Crippen molar-refractivity contribution in [2.45, 2.75) is 78.1 Å². The van der Waals surface area contributed by atoms with Gasteiger partial charge in [-0.2, -0.15) is 0 Å². The van der Waals surface area contributed by atoms with Gasteiger partial charge in [-0.25, -0.2) is 0 Å². The van der Waals surface area contributed by atoms with E-state index in [0.717, 1.165) is 17.7 Å². The SMILES string of the molecule is CCCCCCCCCCCC/N=C/c1ccc(C)c(O)c1. The van der Waals surface area contributed by atoms with Crippen molar-refractivity contribution in [1.82, 2.24) is 0 Å². The molecular weight excluding hydrogens is 270 g/mol. The van der Waals surface area contributed by atoms with Gasteiger partial charge in [0.05, 0.1) is 0 Å². The van der Waals surface area contributed by atoms with Gasteiger partial charge in [0.25, 0.3) is 0 Å². The molecule has 0 aromatic heterocycles. The van der Waals surface area contributed by atoms with E-state index in [1.165, 1.54) is 64.2 Å². The van der Waals surface area contributed by atoms with Crippen LogP contribution in [0.5, 0.6) is 5.75 Å². The first-order valence-electron chi connectivity index (χ1n) is 9.03. The molecule has 1 aromatic carbocycles. The highest BCUT2D eigenvalue weighted by atomic mass is 16.3. The number of phenols is 1. The van der Waals surface area contributed by atoms with E-state index in [2.05, 4.69) is 11.9 Å². The number of unbranched alkanes of at least 4 members (excludes halogenated alkanes) is 9. The molecule has 0 saturated heterocycles. The molecule has 0 spiro atoms. The molecule has 1 rings (SSSR count). The summed E-state index contributed by atoms with van der Waals surface area (Å²) in [6.45, 7) is 5.06. The Hall–Kier alpha value is -1.31. The van der Waals surface area contributed by atoms with Gasteiger partial charge in [-0.15, -0.1) is 0 Å². The van der Waals surface area contributed by atoms with Gasteiger partial charge in [-0.1, -0.05) is 76.8 Å². The molecule has 1 aromatic rings. The summed E-state index contributed by atoms with van der Waals surface area (Å²) >= 11 is 0. The number of aliphatic imine (C=N–C) groups is 1. The topological polar surface area (TPSA) is 32.6 Å². The molecule has 0 saturated carbocycles. The molecule has 2 heteroatoms. The van der Waals surface area contributed by atoms with E-state index >= 15 is 0 Å². The van der Waals surface area contributed by atoms with E-state index in [9.17, 15) is 5.11 Å². The van der Waals surface area contributed by atoms with Crippen LogP contribution in [0, 0.1) is 6.92 Å². The van der Waals surface area contributed by atoms with Crippen LogP contribution in [0.2, 0.25) is 0 Å². The second-order valence-electron chi connectivity index (χ2n) is 6.26. The fourth-order valence-corrected chi connectivity index (χ4v) is 2.57. The van der Waals surface area contributed by atoms with Gasteiger partial charge in [0.2, 0.25) is 0 Å². The molecule has 0 aliphatic heterocycles. The van der Waals surface area contributed by atoms with Crippen LogP contribution in [0.1, 0.15) is 82.3 Å². The van der Waals surface area contributed by atoms with Crippen molar-refractivity contribution in [1.29, 1.82) is 0 Å². The predicted molar refractivity (Wildman–Crippen MR) is 97.1 cm³/mol. The first-order valence-corrected chi connectivity index (χ1v) is 9.03. The number of aromatic hydroxyl groups is 1. The van der Waals surface area contributed by atoms with Crippen molar-refractivity contribution in [2.75, 3.05) is 6.54 Å². The lowest BCUT2D eigenvalue weighted by molar-refractivity contribution is 0.471. The number of rotatable bonds is 12. The largest absolute Gasteiger partial charge is 0.508 e. The van der Waals surface area contributed by atoms with Gasteiger partial charge in [-0.3, -0.25) is 4.99 Å². The van der Waals surface area contributed by atoms with Crippen molar-refractivity contribution in [3.05, 3.63) is 29.3 Å². The van der Waals surface area contributed by atoms with Crippen LogP contribution in [0.15, 0.2) is 23.2 Å². The Balaban J connectivity index is 1.96. The van der Waals surface area contributed by atoms with Crippen molar-refractivity contribution in [2.24, 2.45) is 4.99 Å². The van der Waals surface area contributed by atoms with Gasteiger partial charge in [-0.05, 0) is 30.5 Å². The zero-order chi connectivity index (χ0) is 16.0. The molecule has 0 unspecified atom stereocenters. The number of aryl methyl sites for hydroxylation is 1. The highest BCUT2D eigenvalue weighted by molar-refractivity contribution is 5.80. The van der Waals surface area contributed by atoms with E-state index in [0.29, 0.717) is 5.75 Å². The monoisotopic (exact) mass is 303 g/mol. The van der Waals surface area contributed by atoms with Gasteiger partial charge < -0.3 is 5.11 Å². The van der Waals surface area contributed by atoms with E-state index < -0.39 is 0 Å². The van der Waals surface area contributed by atoms with Gasteiger partial charge in [0.1, 0.15) is 5.75 Å². The van der Waals surface area contributed by atoms with E-state index in [1.54, 1.807) is 6.07 Å². The summed E-state index contributed by atoms with van der Waals surface area (Å²) in [5.41, 5.74) is 1.89. The molecule has 0 radical (unpaired) electrons. The summed E-state index contributed by atoms with van der Waals surface area (Å²) < 4.78 is 0. The van der Waals surface area contributed by atoms with Crippen LogP contribution < -0.4 is 0 Å². The maximum Gasteiger partial charge on any atom is 0.119 e. The lowest BCUT2D eigenvalue weighted by Gasteiger charge is -2.01. The Bertz CT molecular complexity index is 426. The Labute approximate surface area is 136 Å². The Morgan fingerprint density at radius 2 is 1.50 bits per heavy atom. The third kappa shape index (κ3) is 8.86. The van der Waals surface area contributed by atoms with Crippen LogP contribution in [0.25, 0.3) is 0 Å². The van der Waals surface area contributed by atoms with E-state index in [1.807, 2.05) is 25.3 Å². The van der Waals surface area contributed by atoms with Crippen molar-refractivity contribution < 1.29 is 5.11 Å². The lowest BCUT2D eigenvalue weighted by Crippen LogP contribution is -1.87. The number of nitrogens with zero attached hydrogens (tertiary/aromatic N) is 1. The fraction of sp³-hybridized carbons (Fsp3) is 0.650. The van der Waals surface area contributed by atoms with Crippen molar-refractivity contribution in [3.63, 3.8) is 0 Å². The van der Waals surface area contributed by atoms with Crippen LogP contribution in [-0.2, 0) is 0 Å². The summed E-state index contributed by atoms with van der Waals surface area (Å²) in [7, 11) is 0. The second kappa shape index (κ2) is 12.3. The molecule has 0 bridgehead atoms. The Morgan fingerprint density at radius 3 is 2.09 bits per heavy atom. The third-order valence-electron chi connectivity index (χ3n) is 4.11. The molecule has 124 valence electrons. The molecule has 0 fully saturated rings. The number of benzene rings is 1. The molecule has 1 N–H and O–H groups in total. The maximum absolute atomic E-state index is 9.63. The lowest BCUT2D eigenvalue weighted by atomic mass is 10.1. The van der Waals surface area contributed by atoms with E-state index in [4.69, 9.17) is 0 Å². The number of phenolic OH excluding ortho intramolecular Hbond substituents is 1. The summed E-state index contributed by atoms with van der Waals surface area (Å²) in [5.74, 6) is 0.350. The first kappa shape index (κ1) is 18.7. The minimum Gasteiger partial charge on any atom is -0.508 e. The van der Waals surface area contributed by atoms with Gasteiger partial charge in [0.15, 0.2) is 0 Å². The molecule has 0 aliphatic carbocycles. The molecule has 0 atom stereocenters. The highest BCUT2D eigenvalue weighted by Gasteiger charge is 1.96. The van der Waals surface area contributed by atoms with Crippen LogP contribution >= 0.6 is 0 Å². The first-order chi connectivity index (χ1) is 10.7. The summed E-state index contributed by atoms with van der Waals surface area (Å²) in [5, 5.41) is 9.63. The summed E-state index contributed by atoms with van der Waals surface area (Å²) in [6, 6.07) is 5.70. The van der Waals surface area contributed by atoms with Crippen molar-refractivity contribution in [3.8, 4) is 5.75 Å². The molecule has 0 heterocycles. The zero-order valence-electron chi connectivity index (χ0n) is 14.5. The fourth-order valence-electron chi connectivity index (χ4n) is 2.57. The quantitative estimate of drug-likeness (QED) is 0.370. The Kier molecular flexibility index (Phi) is 10.4. The van der Waals surface area contributed by atoms with Crippen molar-refractivity contribution >= 4 is 6.21 Å². The van der Waals surface area contributed by atoms with Crippen LogP contribution in [0.3, 0.4) is 0 Å². The zero-order valence-corrected chi connectivity index (χ0v) is 14.5. The summed E-state index contributed by atoms with van der Waals surface area (Å²) in [6.07, 6.45) is 15.4. The average molecular weight is 303 g/mol. The second-order valence-corrected chi connectivity index (χ2v) is 6.26. The molecular formula is C20H33NO. The minimum absolute atomic E-state index is 0.350. The summed E-state index contributed by atoms with van der Waals surface area (Å²) in [4.78, 5) is 4.44. The smallest absolute Gasteiger partial charge is 0.119 e. The van der Waals surface area contributed by atoms with Gasteiger partial charge >= 0.3 is 0 Å². The molecule has 0 aliphatic rings. The highest BCUT2D eigenvalue weighted by Crippen LogP contribution is 2.16. The van der Waals surface area contributed by atoms with Crippen LogP contribution in [-0.4, -0.2) is 17.9 Å². The van der Waals surface area contributed by atoms with E-state index in [-0.39, 0.29) is 0 Å².